The standard InChI is InChI=1S/C19H21NO4/c1-19(2,15-6-4-5-7-16(15)24-3)18(23)20-12-13-8-10-14(11-9-13)17(21)22/h4-11H,12H2,1-3H3,(H,20,23)(H,21,22). The van der Waals surface area contributed by atoms with Gasteiger partial charge in [0.2, 0.25) is 5.91 Å². The van der Waals surface area contributed by atoms with Crippen molar-refractivity contribution in [1.29, 1.82) is 0 Å². The Morgan fingerprint density at radius 2 is 1.71 bits per heavy atom. The molecule has 0 heterocycles. The monoisotopic (exact) mass is 327 g/mol. The van der Waals surface area contributed by atoms with Crippen molar-refractivity contribution in [1.82, 2.24) is 5.32 Å². The van der Waals surface area contributed by atoms with Crippen LogP contribution in [0.3, 0.4) is 0 Å². The Labute approximate surface area is 141 Å². The molecular weight excluding hydrogens is 306 g/mol. The van der Waals surface area contributed by atoms with E-state index in [-0.39, 0.29) is 11.5 Å². The zero-order chi connectivity index (χ0) is 17.7. The Kier molecular flexibility index (Phi) is 5.24. The molecule has 0 aliphatic rings. The molecular formula is C19H21NO4. The lowest BCUT2D eigenvalue weighted by molar-refractivity contribution is -0.125. The molecule has 0 atom stereocenters. The molecule has 5 nitrogen and oxygen atoms in total. The first-order valence-electron chi connectivity index (χ1n) is 7.60. The van der Waals surface area contributed by atoms with E-state index in [2.05, 4.69) is 5.32 Å². The van der Waals surface area contributed by atoms with Gasteiger partial charge < -0.3 is 15.2 Å². The molecule has 24 heavy (non-hydrogen) atoms. The molecule has 1 amide bonds. The minimum absolute atomic E-state index is 0.130. The zero-order valence-corrected chi connectivity index (χ0v) is 14.0. The molecule has 0 saturated heterocycles. The Bertz CT molecular complexity index is 735. The molecule has 0 aromatic heterocycles. The van der Waals surface area contributed by atoms with E-state index >= 15 is 0 Å². The Hall–Kier alpha value is -2.82. The SMILES string of the molecule is COc1ccccc1C(C)(C)C(=O)NCc1ccc(C(=O)O)cc1. The number of amides is 1. The van der Waals surface area contributed by atoms with Gasteiger partial charge in [-0.25, -0.2) is 4.79 Å². The van der Waals surface area contributed by atoms with Gasteiger partial charge in [0.1, 0.15) is 5.75 Å². The highest BCUT2D eigenvalue weighted by molar-refractivity contribution is 5.88. The second kappa shape index (κ2) is 7.17. The highest BCUT2D eigenvalue weighted by Crippen LogP contribution is 2.31. The maximum absolute atomic E-state index is 12.6. The van der Waals surface area contributed by atoms with E-state index in [9.17, 15) is 9.59 Å². The molecule has 0 aliphatic heterocycles. The molecule has 0 radical (unpaired) electrons. The van der Waals surface area contributed by atoms with Crippen LogP contribution in [-0.2, 0) is 16.8 Å². The van der Waals surface area contributed by atoms with Gasteiger partial charge in [0.25, 0.3) is 0 Å². The van der Waals surface area contributed by atoms with Crippen molar-refractivity contribution in [3.05, 3.63) is 65.2 Å². The van der Waals surface area contributed by atoms with Crippen molar-refractivity contribution in [2.75, 3.05) is 7.11 Å². The third-order valence-electron chi connectivity index (χ3n) is 4.00. The lowest BCUT2D eigenvalue weighted by Crippen LogP contribution is -2.39. The highest BCUT2D eigenvalue weighted by Gasteiger charge is 2.32. The van der Waals surface area contributed by atoms with Crippen LogP contribution in [0.2, 0.25) is 0 Å². The molecule has 5 heteroatoms. The molecule has 126 valence electrons. The maximum Gasteiger partial charge on any atom is 0.335 e. The average Bonchev–Trinajstić information content (AvgIpc) is 2.59. The third-order valence-corrected chi connectivity index (χ3v) is 4.00. The molecule has 0 unspecified atom stereocenters. The van der Waals surface area contributed by atoms with Crippen molar-refractivity contribution >= 4 is 11.9 Å². The van der Waals surface area contributed by atoms with Gasteiger partial charge in [-0.15, -0.1) is 0 Å². The van der Waals surface area contributed by atoms with E-state index < -0.39 is 11.4 Å². The van der Waals surface area contributed by atoms with Gasteiger partial charge in [-0.05, 0) is 37.6 Å². The summed E-state index contributed by atoms with van der Waals surface area (Å²) in [5.74, 6) is -0.430. The number of para-hydroxylation sites is 1. The molecule has 0 bridgehead atoms. The van der Waals surface area contributed by atoms with E-state index in [4.69, 9.17) is 9.84 Å². The fourth-order valence-electron chi connectivity index (χ4n) is 2.45. The number of ether oxygens (including phenoxy) is 1. The Morgan fingerprint density at radius 1 is 1.08 bits per heavy atom. The van der Waals surface area contributed by atoms with Crippen LogP contribution in [0.5, 0.6) is 5.75 Å². The molecule has 2 aromatic rings. The smallest absolute Gasteiger partial charge is 0.335 e. The maximum atomic E-state index is 12.6. The average molecular weight is 327 g/mol. The Balaban J connectivity index is 2.09. The van der Waals surface area contributed by atoms with E-state index in [1.807, 2.05) is 38.1 Å². The minimum atomic E-state index is -0.970. The number of hydrogen-bond donors (Lipinski definition) is 2. The van der Waals surface area contributed by atoms with Crippen molar-refractivity contribution in [2.45, 2.75) is 25.8 Å². The minimum Gasteiger partial charge on any atom is -0.496 e. The number of nitrogens with one attached hydrogen (secondary N) is 1. The van der Waals surface area contributed by atoms with Crippen LogP contribution in [0.25, 0.3) is 0 Å². The summed E-state index contributed by atoms with van der Waals surface area (Å²) < 4.78 is 5.34. The van der Waals surface area contributed by atoms with Crippen molar-refractivity contribution in [3.8, 4) is 5.75 Å². The van der Waals surface area contributed by atoms with Gasteiger partial charge >= 0.3 is 5.97 Å². The number of rotatable bonds is 6. The van der Waals surface area contributed by atoms with E-state index in [1.54, 1.807) is 19.2 Å². The van der Waals surface area contributed by atoms with Crippen molar-refractivity contribution in [2.24, 2.45) is 0 Å². The van der Waals surface area contributed by atoms with Gasteiger partial charge in [-0.3, -0.25) is 4.79 Å². The van der Waals surface area contributed by atoms with Crippen LogP contribution in [0, 0.1) is 0 Å². The first-order valence-corrected chi connectivity index (χ1v) is 7.60. The van der Waals surface area contributed by atoms with Gasteiger partial charge in [0.05, 0.1) is 18.1 Å². The van der Waals surface area contributed by atoms with Crippen LogP contribution in [0.15, 0.2) is 48.5 Å². The predicted molar refractivity (Wildman–Crippen MR) is 91.3 cm³/mol. The Morgan fingerprint density at radius 3 is 2.29 bits per heavy atom. The highest BCUT2D eigenvalue weighted by atomic mass is 16.5. The van der Waals surface area contributed by atoms with Crippen molar-refractivity contribution in [3.63, 3.8) is 0 Å². The van der Waals surface area contributed by atoms with Crippen molar-refractivity contribution < 1.29 is 19.4 Å². The summed E-state index contributed by atoms with van der Waals surface area (Å²) in [6, 6.07) is 13.9. The lowest BCUT2D eigenvalue weighted by atomic mass is 9.83. The predicted octanol–water partition coefficient (Wildman–Crippen LogP) is 2.99. The summed E-state index contributed by atoms with van der Waals surface area (Å²) >= 11 is 0. The number of hydrogen-bond acceptors (Lipinski definition) is 3. The number of carboxylic acid groups (broad SMARTS) is 1. The summed E-state index contributed by atoms with van der Waals surface area (Å²) in [6.45, 7) is 4.01. The van der Waals surface area contributed by atoms with Gasteiger partial charge in [0.15, 0.2) is 0 Å². The normalized spacial score (nSPS) is 11.0. The van der Waals surface area contributed by atoms with E-state index in [0.717, 1.165) is 11.1 Å². The quantitative estimate of drug-likeness (QED) is 0.855. The molecule has 0 spiro atoms. The second-order valence-electron chi connectivity index (χ2n) is 6.01. The summed E-state index contributed by atoms with van der Waals surface area (Å²) in [5, 5.41) is 11.8. The summed E-state index contributed by atoms with van der Waals surface area (Å²) in [7, 11) is 1.58. The van der Waals surface area contributed by atoms with Crippen LogP contribution in [0.1, 0.15) is 35.3 Å². The van der Waals surface area contributed by atoms with Crippen LogP contribution < -0.4 is 10.1 Å². The second-order valence-corrected chi connectivity index (χ2v) is 6.01. The number of methoxy groups -OCH3 is 1. The third kappa shape index (κ3) is 3.74. The molecule has 0 fully saturated rings. The lowest BCUT2D eigenvalue weighted by Gasteiger charge is -2.26. The number of carbonyl (C=O) groups is 2. The largest absolute Gasteiger partial charge is 0.496 e. The zero-order valence-electron chi connectivity index (χ0n) is 14.0. The number of carbonyl (C=O) groups excluding carboxylic acids is 1. The number of aromatic carboxylic acids is 1. The molecule has 0 saturated carbocycles. The summed E-state index contributed by atoms with van der Waals surface area (Å²) in [4.78, 5) is 23.5. The number of carboxylic acids is 1. The first-order chi connectivity index (χ1) is 11.4. The summed E-state index contributed by atoms with van der Waals surface area (Å²) in [5.41, 5.74) is 1.11. The first kappa shape index (κ1) is 17.5. The van der Waals surface area contributed by atoms with Crippen LogP contribution in [0.4, 0.5) is 0 Å². The van der Waals surface area contributed by atoms with Gasteiger partial charge in [-0.1, -0.05) is 30.3 Å². The fourth-order valence-corrected chi connectivity index (χ4v) is 2.45. The molecule has 2 aromatic carbocycles. The number of benzene rings is 2. The van der Waals surface area contributed by atoms with Crippen LogP contribution >= 0.6 is 0 Å². The topological polar surface area (TPSA) is 75.6 Å². The summed E-state index contributed by atoms with van der Waals surface area (Å²) in [6.07, 6.45) is 0. The van der Waals surface area contributed by atoms with E-state index in [0.29, 0.717) is 12.3 Å². The van der Waals surface area contributed by atoms with Gasteiger partial charge in [-0.2, -0.15) is 0 Å². The van der Waals surface area contributed by atoms with Crippen LogP contribution in [-0.4, -0.2) is 24.1 Å². The van der Waals surface area contributed by atoms with Gasteiger partial charge in [0, 0.05) is 12.1 Å². The molecule has 0 aliphatic carbocycles. The molecule has 2 N–H and O–H groups in total. The van der Waals surface area contributed by atoms with E-state index in [1.165, 1.54) is 12.1 Å². The fraction of sp³-hybridized carbons (Fsp3) is 0.263. The molecule has 2 rings (SSSR count).